The minimum absolute atomic E-state index is 0.0106. The molecular formula is C27H29ClFN7. The van der Waals surface area contributed by atoms with Crippen LogP contribution >= 0.6 is 11.6 Å². The van der Waals surface area contributed by atoms with E-state index in [4.69, 9.17) is 11.6 Å². The number of nitrogens with one attached hydrogen (secondary N) is 4. The van der Waals surface area contributed by atoms with Gasteiger partial charge in [0.1, 0.15) is 11.9 Å². The number of halogens is 2. The maximum absolute atomic E-state index is 13.7. The predicted molar refractivity (Wildman–Crippen MR) is 141 cm³/mol. The van der Waals surface area contributed by atoms with Crippen molar-refractivity contribution in [2.75, 3.05) is 17.2 Å². The molecule has 9 heteroatoms. The van der Waals surface area contributed by atoms with Gasteiger partial charge in [0.2, 0.25) is 0 Å². The third-order valence-corrected chi connectivity index (χ3v) is 6.50. The molecule has 1 unspecified atom stereocenters. The van der Waals surface area contributed by atoms with Crippen LogP contribution in [0.2, 0.25) is 5.02 Å². The van der Waals surface area contributed by atoms with Gasteiger partial charge in [-0.3, -0.25) is 9.99 Å². The number of anilines is 2. The smallest absolute Gasteiger partial charge is 0.123 e. The SMILES string of the molecule is CC(C)(C)CNc1c(C#N)cnc2c(Cl)cc(NC(C3=CN(C4CC4)NN3)c3ccc(F)cc3)cc12. The van der Waals surface area contributed by atoms with Crippen LogP contribution in [0.25, 0.3) is 10.9 Å². The molecule has 1 atom stereocenters. The highest BCUT2D eigenvalue weighted by Crippen LogP contribution is 2.37. The van der Waals surface area contributed by atoms with Gasteiger partial charge in [0.15, 0.2) is 0 Å². The summed E-state index contributed by atoms with van der Waals surface area (Å²) in [5.74, 6) is -0.290. The molecule has 3 aromatic rings. The molecule has 0 amide bonds. The first-order valence-electron chi connectivity index (χ1n) is 12.0. The molecule has 36 heavy (non-hydrogen) atoms. The number of hydrogen-bond donors (Lipinski definition) is 4. The minimum Gasteiger partial charge on any atom is -0.383 e. The summed E-state index contributed by atoms with van der Waals surface area (Å²) in [7, 11) is 0. The van der Waals surface area contributed by atoms with Crippen molar-refractivity contribution >= 4 is 33.9 Å². The molecular weight excluding hydrogens is 477 g/mol. The van der Waals surface area contributed by atoms with Crippen LogP contribution < -0.4 is 21.6 Å². The van der Waals surface area contributed by atoms with Gasteiger partial charge < -0.3 is 16.1 Å². The van der Waals surface area contributed by atoms with Gasteiger partial charge >= 0.3 is 0 Å². The molecule has 1 aromatic heterocycles. The van der Waals surface area contributed by atoms with E-state index in [1.54, 1.807) is 18.3 Å². The molecule has 5 rings (SSSR count). The Bertz CT molecular complexity index is 1350. The van der Waals surface area contributed by atoms with E-state index in [9.17, 15) is 9.65 Å². The highest BCUT2D eigenvalue weighted by molar-refractivity contribution is 6.35. The van der Waals surface area contributed by atoms with Gasteiger partial charge in [-0.15, -0.1) is 5.53 Å². The number of aromatic nitrogens is 1. The van der Waals surface area contributed by atoms with Crippen LogP contribution in [0.4, 0.5) is 15.8 Å². The van der Waals surface area contributed by atoms with E-state index in [0.29, 0.717) is 34.4 Å². The highest BCUT2D eigenvalue weighted by Gasteiger charge is 2.32. The second kappa shape index (κ2) is 9.49. The number of rotatable bonds is 7. The Morgan fingerprint density at radius 1 is 1.25 bits per heavy atom. The van der Waals surface area contributed by atoms with Crippen molar-refractivity contribution in [1.29, 1.82) is 5.26 Å². The van der Waals surface area contributed by atoms with Crippen molar-refractivity contribution in [3.63, 3.8) is 0 Å². The van der Waals surface area contributed by atoms with E-state index in [1.807, 2.05) is 18.3 Å². The molecule has 0 spiro atoms. The Morgan fingerprint density at radius 2 is 2.00 bits per heavy atom. The van der Waals surface area contributed by atoms with Crippen molar-refractivity contribution < 1.29 is 4.39 Å². The fourth-order valence-electron chi connectivity index (χ4n) is 4.17. The molecule has 4 N–H and O–H groups in total. The zero-order valence-corrected chi connectivity index (χ0v) is 21.2. The Balaban J connectivity index is 1.55. The van der Waals surface area contributed by atoms with Gasteiger partial charge in [-0.25, -0.2) is 4.39 Å². The van der Waals surface area contributed by atoms with Gasteiger partial charge in [0.25, 0.3) is 0 Å². The Hall–Kier alpha value is -3.54. The minimum atomic E-state index is -0.298. The van der Waals surface area contributed by atoms with E-state index >= 15 is 0 Å². The van der Waals surface area contributed by atoms with Gasteiger partial charge in [0, 0.05) is 36.1 Å². The summed E-state index contributed by atoms with van der Waals surface area (Å²) in [6, 6.07) is 12.7. The Kier molecular flexibility index (Phi) is 6.37. The maximum Gasteiger partial charge on any atom is 0.123 e. The second-order valence-corrected chi connectivity index (χ2v) is 10.9. The van der Waals surface area contributed by atoms with Crippen molar-refractivity contribution in [3.8, 4) is 6.07 Å². The zero-order chi connectivity index (χ0) is 25.4. The standard InChI is InChI=1S/C27H29ClFN7/c1-27(2,3)15-32-24-17(12-30)13-31-26-21(24)10-19(11-22(26)28)33-25(16-4-6-18(29)7-5-16)23-14-36(35-34-23)20-8-9-20/h4-7,10-11,13-14,20,25,33-35H,8-9,15H2,1-3H3,(H,31,32). The fourth-order valence-corrected chi connectivity index (χ4v) is 4.44. The molecule has 0 saturated heterocycles. The number of nitrogens with zero attached hydrogens (tertiary/aromatic N) is 3. The first kappa shape index (κ1) is 24.2. The average Bonchev–Trinajstić information content (AvgIpc) is 3.58. The van der Waals surface area contributed by atoms with Crippen LogP contribution in [-0.2, 0) is 0 Å². The van der Waals surface area contributed by atoms with E-state index in [2.05, 4.69) is 58.4 Å². The van der Waals surface area contributed by atoms with Crippen LogP contribution in [0.5, 0.6) is 0 Å². The highest BCUT2D eigenvalue weighted by atomic mass is 35.5. The molecule has 0 radical (unpaired) electrons. The third-order valence-electron chi connectivity index (χ3n) is 6.21. The van der Waals surface area contributed by atoms with E-state index in [0.717, 1.165) is 35.2 Å². The lowest BCUT2D eigenvalue weighted by molar-refractivity contribution is 0.260. The third kappa shape index (κ3) is 5.18. The van der Waals surface area contributed by atoms with E-state index < -0.39 is 0 Å². The summed E-state index contributed by atoms with van der Waals surface area (Å²) < 4.78 is 13.7. The largest absolute Gasteiger partial charge is 0.383 e. The lowest BCUT2D eigenvalue weighted by atomic mass is 9.96. The summed E-state index contributed by atoms with van der Waals surface area (Å²) >= 11 is 6.69. The lowest BCUT2D eigenvalue weighted by Gasteiger charge is -2.23. The molecule has 1 aliphatic heterocycles. The summed E-state index contributed by atoms with van der Waals surface area (Å²) in [5.41, 5.74) is 10.8. The van der Waals surface area contributed by atoms with Crippen molar-refractivity contribution in [2.45, 2.75) is 45.7 Å². The number of hydrazine groups is 2. The first-order chi connectivity index (χ1) is 17.2. The molecule has 2 aromatic carbocycles. The number of pyridine rings is 1. The Labute approximate surface area is 215 Å². The first-order valence-corrected chi connectivity index (χ1v) is 12.4. The number of hydrogen-bond acceptors (Lipinski definition) is 7. The monoisotopic (exact) mass is 505 g/mol. The molecule has 7 nitrogen and oxygen atoms in total. The van der Waals surface area contributed by atoms with Gasteiger partial charge in [-0.1, -0.05) is 44.5 Å². The van der Waals surface area contributed by atoms with Crippen LogP contribution in [0.1, 0.15) is 50.8 Å². The molecule has 1 aliphatic carbocycles. The molecule has 0 bridgehead atoms. The van der Waals surface area contributed by atoms with Crippen molar-refractivity contribution in [3.05, 3.63) is 76.5 Å². The van der Waals surface area contributed by atoms with Crippen molar-refractivity contribution in [2.24, 2.45) is 5.41 Å². The van der Waals surface area contributed by atoms with Gasteiger partial charge in [0.05, 0.1) is 33.5 Å². The van der Waals surface area contributed by atoms with Crippen LogP contribution in [-0.4, -0.2) is 22.6 Å². The summed E-state index contributed by atoms with van der Waals surface area (Å²) in [6.45, 7) is 7.06. The zero-order valence-electron chi connectivity index (χ0n) is 20.5. The molecule has 2 aliphatic rings. The quantitative estimate of drug-likeness (QED) is 0.321. The lowest BCUT2D eigenvalue weighted by Crippen LogP contribution is -2.38. The number of nitriles is 1. The molecule has 1 saturated carbocycles. The normalized spacial score (nSPS) is 16.3. The van der Waals surface area contributed by atoms with Gasteiger partial charge in [-0.05, 0) is 48.1 Å². The summed E-state index contributed by atoms with van der Waals surface area (Å²) in [4.78, 5) is 4.45. The van der Waals surface area contributed by atoms with Crippen LogP contribution in [0.3, 0.4) is 0 Å². The molecule has 2 heterocycles. The average molecular weight is 506 g/mol. The second-order valence-electron chi connectivity index (χ2n) is 10.5. The molecule has 1 fully saturated rings. The van der Waals surface area contributed by atoms with Gasteiger partial charge in [-0.2, -0.15) is 5.26 Å². The van der Waals surface area contributed by atoms with Crippen molar-refractivity contribution in [1.82, 2.24) is 21.0 Å². The van der Waals surface area contributed by atoms with Crippen LogP contribution in [0.15, 0.2) is 54.5 Å². The maximum atomic E-state index is 13.7. The topological polar surface area (TPSA) is 88.0 Å². The summed E-state index contributed by atoms with van der Waals surface area (Å²) in [6.07, 6.45) is 5.89. The van der Waals surface area contributed by atoms with Crippen LogP contribution in [0, 0.1) is 22.6 Å². The Morgan fingerprint density at radius 3 is 2.67 bits per heavy atom. The summed E-state index contributed by atoms with van der Waals surface area (Å²) in [5, 5.41) is 20.1. The van der Waals surface area contributed by atoms with E-state index in [-0.39, 0.29) is 17.3 Å². The number of fused-ring (bicyclic) bond motifs is 1. The molecule has 186 valence electrons. The fraction of sp³-hybridized carbons (Fsp3) is 0.333. The van der Waals surface area contributed by atoms with E-state index in [1.165, 1.54) is 12.1 Å². The number of benzene rings is 2. The predicted octanol–water partition coefficient (Wildman–Crippen LogP) is 5.84.